The van der Waals surface area contributed by atoms with Crippen molar-refractivity contribution in [1.82, 2.24) is 5.32 Å². The first kappa shape index (κ1) is 18.5. The molecule has 0 saturated carbocycles. The zero-order valence-corrected chi connectivity index (χ0v) is 16.3. The molecule has 0 atom stereocenters. The molecule has 3 aromatic rings. The minimum Gasteiger partial charge on any atom is -0.488 e. The number of thioether (sulfide) groups is 1. The van der Waals surface area contributed by atoms with Crippen LogP contribution < -0.4 is 10.1 Å². The Morgan fingerprint density at radius 3 is 2.71 bits per heavy atom. The van der Waals surface area contributed by atoms with Crippen LogP contribution in [0.4, 0.5) is 0 Å². The maximum Gasteiger partial charge on any atom is 0.236 e. The fourth-order valence-electron chi connectivity index (χ4n) is 2.79. The Kier molecular flexibility index (Phi) is 5.60. The number of ether oxygens (including phenoxy) is 1. The van der Waals surface area contributed by atoms with Gasteiger partial charge in [-0.3, -0.25) is 4.79 Å². The number of nitrogens with one attached hydrogen (secondary N) is 1. The average Bonchev–Trinajstić information content (AvgIpc) is 3.13. The Morgan fingerprint density at radius 2 is 1.93 bits per heavy atom. The lowest BCUT2D eigenvalue weighted by molar-refractivity contribution is -0.116. The minimum atomic E-state index is -0.0592. The monoisotopic (exact) mass is 409 g/mol. The van der Waals surface area contributed by atoms with E-state index in [9.17, 15) is 4.79 Å². The third-order valence-electron chi connectivity index (χ3n) is 4.16. The first-order valence-corrected chi connectivity index (χ1v) is 9.98. The molecule has 7 heteroatoms. The van der Waals surface area contributed by atoms with Crippen molar-refractivity contribution in [3.05, 3.63) is 76.8 Å². The van der Waals surface area contributed by atoms with Crippen molar-refractivity contribution in [2.24, 2.45) is 10.2 Å². The quantitative estimate of drug-likeness (QED) is 0.493. The van der Waals surface area contributed by atoms with Crippen LogP contribution in [0.2, 0.25) is 5.02 Å². The molecule has 1 heterocycles. The molecule has 0 radical (unpaired) electrons. The Morgan fingerprint density at radius 1 is 1.11 bits per heavy atom. The second-order valence-electron chi connectivity index (χ2n) is 6.10. The van der Waals surface area contributed by atoms with E-state index in [1.165, 1.54) is 11.8 Å². The van der Waals surface area contributed by atoms with E-state index >= 15 is 0 Å². The van der Waals surface area contributed by atoms with Crippen molar-refractivity contribution in [2.75, 3.05) is 5.75 Å². The summed E-state index contributed by atoms with van der Waals surface area (Å²) in [7, 11) is 0. The first-order valence-electron chi connectivity index (χ1n) is 8.62. The molecule has 1 aliphatic heterocycles. The van der Waals surface area contributed by atoms with Gasteiger partial charge in [0.2, 0.25) is 5.91 Å². The Labute approximate surface area is 171 Å². The van der Waals surface area contributed by atoms with Gasteiger partial charge in [-0.05, 0) is 34.5 Å². The molecule has 3 aromatic carbocycles. The molecule has 28 heavy (non-hydrogen) atoms. The van der Waals surface area contributed by atoms with Crippen LogP contribution in [0.25, 0.3) is 10.8 Å². The van der Waals surface area contributed by atoms with Crippen LogP contribution in [0.5, 0.6) is 5.75 Å². The second kappa shape index (κ2) is 8.46. The fraction of sp³-hybridized carbons (Fsp3) is 0.0952. The normalized spacial score (nSPS) is 15.5. The molecule has 0 spiro atoms. The number of hydrogen-bond donors (Lipinski definition) is 1. The van der Waals surface area contributed by atoms with Crippen molar-refractivity contribution in [1.29, 1.82) is 0 Å². The smallest absolute Gasteiger partial charge is 0.236 e. The summed E-state index contributed by atoms with van der Waals surface area (Å²) in [6.45, 7) is 0.413. The van der Waals surface area contributed by atoms with E-state index < -0.39 is 0 Å². The van der Waals surface area contributed by atoms with E-state index in [1.807, 2.05) is 60.7 Å². The van der Waals surface area contributed by atoms with Crippen LogP contribution in [0.3, 0.4) is 0 Å². The number of nitrogens with zero attached hydrogens (tertiary/aromatic N) is 2. The van der Waals surface area contributed by atoms with Gasteiger partial charge >= 0.3 is 0 Å². The summed E-state index contributed by atoms with van der Waals surface area (Å²) in [5, 5.41) is 14.2. The van der Waals surface area contributed by atoms with Crippen molar-refractivity contribution in [2.45, 2.75) is 6.61 Å². The first-order chi connectivity index (χ1) is 13.7. The summed E-state index contributed by atoms with van der Waals surface area (Å²) in [6, 6.07) is 19.5. The molecule has 0 aliphatic carbocycles. The highest BCUT2D eigenvalue weighted by Gasteiger charge is 2.16. The number of rotatable bonds is 5. The summed E-state index contributed by atoms with van der Waals surface area (Å²) in [5.41, 5.74) is 1.86. The fourth-order valence-corrected chi connectivity index (χ4v) is 3.55. The van der Waals surface area contributed by atoms with E-state index in [2.05, 4.69) is 15.5 Å². The lowest BCUT2D eigenvalue weighted by Crippen LogP contribution is -2.19. The summed E-state index contributed by atoms with van der Waals surface area (Å²) >= 11 is 7.28. The van der Waals surface area contributed by atoms with Gasteiger partial charge in [0.15, 0.2) is 5.17 Å². The highest BCUT2D eigenvalue weighted by Crippen LogP contribution is 2.27. The van der Waals surface area contributed by atoms with Gasteiger partial charge in [0.05, 0.1) is 12.0 Å². The van der Waals surface area contributed by atoms with Crippen LogP contribution >= 0.6 is 23.4 Å². The zero-order valence-electron chi connectivity index (χ0n) is 14.8. The van der Waals surface area contributed by atoms with Gasteiger partial charge in [0.1, 0.15) is 12.4 Å². The third kappa shape index (κ3) is 4.35. The van der Waals surface area contributed by atoms with Crippen molar-refractivity contribution >= 4 is 51.4 Å². The topological polar surface area (TPSA) is 63.0 Å². The van der Waals surface area contributed by atoms with Crippen molar-refractivity contribution in [3.63, 3.8) is 0 Å². The van der Waals surface area contributed by atoms with Crippen molar-refractivity contribution < 1.29 is 9.53 Å². The number of carbonyl (C=O) groups is 1. The van der Waals surface area contributed by atoms with Crippen molar-refractivity contribution in [3.8, 4) is 5.75 Å². The number of carbonyl (C=O) groups excluding carboxylic acids is 1. The predicted molar refractivity (Wildman–Crippen MR) is 115 cm³/mol. The van der Waals surface area contributed by atoms with Gasteiger partial charge in [-0.1, -0.05) is 65.8 Å². The lowest BCUT2D eigenvalue weighted by atomic mass is 10.0. The van der Waals surface area contributed by atoms with Crippen LogP contribution in [-0.2, 0) is 11.4 Å². The van der Waals surface area contributed by atoms with E-state index in [-0.39, 0.29) is 5.91 Å². The highest BCUT2D eigenvalue weighted by molar-refractivity contribution is 8.15. The molecule has 1 saturated heterocycles. The van der Waals surface area contributed by atoms with E-state index in [1.54, 1.807) is 6.21 Å². The third-order valence-corrected chi connectivity index (χ3v) is 5.28. The van der Waals surface area contributed by atoms with E-state index in [0.29, 0.717) is 28.3 Å². The molecule has 0 bridgehead atoms. The highest BCUT2D eigenvalue weighted by atomic mass is 35.5. The zero-order chi connectivity index (χ0) is 19.3. The van der Waals surface area contributed by atoms with Gasteiger partial charge in [0.25, 0.3) is 0 Å². The second-order valence-corrected chi connectivity index (χ2v) is 7.50. The molecule has 0 aromatic heterocycles. The molecule has 1 N–H and O–H groups in total. The predicted octanol–water partition coefficient (Wildman–Crippen LogP) is 4.63. The summed E-state index contributed by atoms with van der Waals surface area (Å²) in [5.74, 6) is 1.02. The van der Waals surface area contributed by atoms with Gasteiger partial charge in [-0.15, -0.1) is 5.10 Å². The lowest BCUT2D eigenvalue weighted by Gasteiger charge is -2.11. The molecular formula is C21H16ClN3O2S. The molecule has 4 rings (SSSR count). The van der Waals surface area contributed by atoms with Crippen LogP contribution in [0, 0.1) is 0 Å². The Bertz CT molecular complexity index is 1080. The molecular weight excluding hydrogens is 394 g/mol. The molecule has 0 unspecified atom stereocenters. The summed E-state index contributed by atoms with van der Waals surface area (Å²) < 4.78 is 6.05. The Balaban J connectivity index is 1.62. The standard InChI is InChI=1S/C21H16ClN3O2S/c22-16-8-5-14(6-9-16)12-27-19-10-7-15-3-1-2-4-17(15)18(19)11-23-25-21-24-20(26)13-28-21/h1-11H,12-13H2,(H,24,25,26)/b23-11-. The van der Waals surface area contributed by atoms with Crippen LogP contribution in [0.1, 0.15) is 11.1 Å². The average molecular weight is 410 g/mol. The maximum atomic E-state index is 11.3. The molecule has 1 fully saturated rings. The number of benzene rings is 3. The van der Waals surface area contributed by atoms with Gasteiger partial charge in [-0.25, -0.2) is 0 Å². The van der Waals surface area contributed by atoms with Crippen LogP contribution in [-0.4, -0.2) is 23.0 Å². The van der Waals surface area contributed by atoms with Gasteiger partial charge in [-0.2, -0.15) is 5.10 Å². The number of fused-ring (bicyclic) bond motifs is 1. The number of amides is 1. The van der Waals surface area contributed by atoms with E-state index in [0.717, 1.165) is 21.9 Å². The molecule has 140 valence electrons. The van der Waals surface area contributed by atoms with Gasteiger partial charge < -0.3 is 10.1 Å². The van der Waals surface area contributed by atoms with E-state index in [4.69, 9.17) is 16.3 Å². The molecule has 1 aliphatic rings. The molecule has 1 amide bonds. The summed E-state index contributed by atoms with van der Waals surface area (Å²) in [6.07, 6.45) is 1.66. The number of amidine groups is 1. The minimum absolute atomic E-state index is 0.0592. The Hall–Kier alpha value is -2.83. The maximum absolute atomic E-state index is 11.3. The summed E-state index contributed by atoms with van der Waals surface area (Å²) in [4.78, 5) is 11.3. The number of halogens is 1. The van der Waals surface area contributed by atoms with Gasteiger partial charge in [0, 0.05) is 10.6 Å². The number of hydrogen-bond acceptors (Lipinski definition) is 5. The molecule has 5 nitrogen and oxygen atoms in total. The largest absolute Gasteiger partial charge is 0.488 e. The van der Waals surface area contributed by atoms with Crippen LogP contribution in [0.15, 0.2) is 70.9 Å². The SMILES string of the molecule is O=C1CS/C(=N/N=C\c2c(OCc3ccc(Cl)cc3)ccc3ccccc23)N1.